The predicted octanol–water partition coefficient (Wildman–Crippen LogP) is 5.31. The molecule has 3 N–H and O–H groups in total. The van der Waals surface area contributed by atoms with Crippen molar-refractivity contribution in [2.45, 2.75) is 26.5 Å². The molecule has 14 heteroatoms. The number of esters is 1. The number of rotatable bonds is 13. The average Bonchev–Trinajstić information content (AvgIpc) is 3.03. The van der Waals surface area contributed by atoms with Gasteiger partial charge in [-0.1, -0.05) is 41.4 Å². The van der Waals surface area contributed by atoms with Gasteiger partial charge in [0, 0.05) is 10.7 Å². The van der Waals surface area contributed by atoms with Gasteiger partial charge in [0.1, 0.15) is 6.61 Å². The Morgan fingerprint density at radius 2 is 1.72 bits per heavy atom. The summed E-state index contributed by atoms with van der Waals surface area (Å²) in [6.07, 6.45) is 1.40. The SMILES string of the molecule is CCOC(=O)C1=C(C)NC(=O)N[C@@H]1c1ccc(OCC(=O)N/N=C\c2cc(Cl)c(OCc3ccc(Cl)cc3)c(OC)c2)c(OC)c1. The summed E-state index contributed by atoms with van der Waals surface area (Å²) >= 11 is 12.4. The summed E-state index contributed by atoms with van der Waals surface area (Å²) in [7, 11) is 2.92. The maximum atomic E-state index is 12.6. The van der Waals surface area contributed by atoms with Crippen LogP contribution in [0.1, 0.15) is 36.6 Å². The molecule has 0 saturated heterocycles. The summed E-state index contributed by atoms with van der Waals surface area (Å²) < 4.78 is 27.6. The van der Waals surface area contributed by atoms with Gasteiger partial charge in [-0.15, -0.1) is 0 Å². The Morgan fingerprint density at radius 3 is 2.41 bits per heavy atom. The molecule has 4 rings (SSSR count). The zero-order valence-electron chi connectivity index (χ0n) is 25.4. The fourth-order valence-corrected chi connectivity index (χ4v) is 4.85. The normalized spacial score (nSPS) is 14.3. The lowest BCUT2D eigenvalue weighted by molar-refractivity contribution is -0.139. The number of allylic oxidation sites excluding steroid dienone is 1. The third kappa shape index (κ3) is 8.61. The van der Waals surface area contributed by atoms with E-state index >= 15 is 0 Å². The van der Waals surface area contributed by atoms with Gasteiger partial charge in [0.25, 0.3) is 5.91 Å². The molecule has 1 heterocycles. The lowest BCUT2D eigenvalue weighted by Gasteiger charge is -2.28. The van der Waals surface area contributed by atoms with Crippen LogP contribution < -0.4 is 35.0 Å². The van der Waals surface area contributed by atoms with Crippen LogP contribution >= 0.6 is 23.2 Å². The number of hydrogen-bond donors (Lipinski definition) is 3. The summed E-state index contributed by atoms with van der Waals surface area (Å²) in [5, 5.41) is 10.2. The van der Waals surface area contributed by atoms with Gasteiger partial charge < -0.3 is 34.3 Å². The van der Waals surface area contributed by atoms with E-state index < -0.39 is 23.9 Å². The Labute approximate surface area is 275 Å². The molecule has 1 atom stereocenters. The summed E-state index contributed by atoms with van der Waals surface area (Å²) in [6, 6.07) is 14.1. The van der Waals surface area contributed by atoms with E-state index in [1.807, 2.05) is 12.1 Å². The summed E-state index contributed by atoms with van der Waals surface area (Å²) in [5.74, 6) is 0.180. The number of ether oxygens (including phenoxy) is 5. The van der Waals surface area contributed by atoms with E-state index in [1.54, 1.807) is 56.3 Å². The molecule has 3 aromatic carbocycles. The molecule has 0 aliphatic carbocycles. The first-order valence-corrected chi connectivity index (χ1v) is 14.7. The third-order valence-electron chi connectivity index (χ3n) is 6.60. The number of carbonyl (C=O) groups is 3. The minimum Gasteiger partial charge on any atom is -0.493 e. The largest absolute Gasteiger partial charge is 0.493 e. The Morgan fingerprint density at radius 1 is 0.978 bits per heavy atom. The second kappa shape index (κ2) is 15.9. The molecular formula is C32H32Cl2N4O8. The van der Waals surface area contributed by atoms with E-state index in [9.17, 15) is 14.4 Å². The molecule has 0 saturated carbocycles. The quantitative estimate of drug-likeness (QED) is 0.126. The van der Waals surface area contributed by atoms with Crippen molar-refractivity contribution >= 4 is 47.3 Å². The molecular weight excluding hydrogens is 639 g/mol. The number of nitrogens with one attached hydrogen (secondary N) is 3. The second-order valence-electron chi connectivity index (χ2n) is 9.73. The van der Waals surface area contributed by atoms with Crippen LogP contribution in [0.5, 0.6) is 23.0 Å². The maximum Gasteiger partial charge on any atom is 0.338 e. The van der Waals surface area contributed by atoms with Crippen molar-refractivity contribution in [3.8, 4) is 23.0 Å². The second-order valence-corrected chi connectivity index (χ2v) is 10.6. The minimum atomic E-state index is -0.787. The zero-order chi connectivity index (χ0) is 33.2. The van der Waals surface area contributed by atoms with Gasteiger partial charge >= 0.3 is 12.0 Å². The molecule has 1 aliphatic heterocycles. The van der Waals surface area contributed by atoms with Gasteiger partial charge in [-0.25, -0.2) is 15.0 Å². The third-order valence-corrected chi connectivity index (χ3v) is 7.13. The molecule has 0 bridgehead atoms. The van der Waals surface area contributed by atoms with Crippen molar-refractivity contribution < 1.29 is 38.1 Å². The van der Waals surface area contributed by atoms with Crippen molar-refractivity contribution in [1.29, 1.82) is 0 Å². The summed E-state index contributed by atoms with van der Waals surface area (Å²) in [6.45, 7) is 3.36. The van der Waals surface area contributed by atoms with Crippen molar-refractivity contribution in [2.75, 3.05) is 27.4 Å². The number of halogens is 2. The van der Waals surface area contributed by atoms with Gasteiger partial charge in [0.2, 0.25) is 0 Å². The van der Waals surface area contributed by atoms with Crippen LogP contribution in [-0.4, -0.2) is 51.6 Å². The van der Waals surface area contributed by atoms with Gasteiger partial charge in [-0.2, -0.15) is 5.10 Å². The number of hydrazone groups is 1. The van der Waals surface area contributed by atoms with Crippen molar-refractivity contribution in [3.63, 3.8) is 0 Å². The standard InChI is InChI=1S/C32H32Cl2N4O8/c1-5-44-31(40)28-18(2)36-32(41)37-29(28)21-8-11-24(25(14-21)42-3)45-17-27(39)38-35-15-20-12-23(34)30(26(13-20)43-4)46-16-19-6-9-22(33)10-7-19/h6-15,29H,5,16-17H2,1-4H3,(H,38,39)(H2,36,37,41)/b35-15-/t29-/m1/s1. The monoisotopic (exact) mass is 670 g/mol. The number of nitrogens with zero attached hydrogens (tertiary/aromatic N) is 1. The van der Waals surface area contributed by atoms with E-state index in [0.717, 1.165) is 5.56 Å². The number of benzene rings is 3. The summed E-state index contributed by atoms with van der Waals surface area (Å²) in [4.78, 5) is 37.3. The zero-order valence-corrected chi connectivity index (χ0v) is 27.0. The minimum absolute atomic E-state index is 0.174. The van der Waals surface area contributed by atoms with Crippen molar-refractivity contribution in [2.24, 2.45) is 5.10 Å². The van der Waals surface area contributed by atoms with E-state index in [-0.39, 0.29) is 36.9 Å². The highest BCUT2D eigenvalue weighted by Gasteiger charge is 2.32. The van der Waals surface area contributed by atoms with E-state index in [1.165, 1.54) is 20.4 Å². The molecule has 1 aliphatic rings. The first-order valence-electron chi connectivity index (χ1n) is 14.0. The lowest BCUT2D eigenvalue weighted by atomic mass is 9.95. The number of urea groups is 1. The Bertz CT molecular complexity index is 1660. The van der Waals surface area contributed by atoms with Crippen LogP contribution in [0.4, 0.5) is 4.79 Å². The van der Waals surface area contributed by atoms with Crippen molar-refractivity contribution in [3.05, 3.63) is 92.6 Å². The molecule has 46 heavy (non-hydrogen) atoms. The molecule has 0 radical (unpaired) electrons. The van der Waals surface area contributed by atoms with Crippen LogP contribution in [0.15, 0.2) is 71.0 Å². The highest BCUT2D eigenvalue weighted by atomic mass is 35.5. The van der Waals surface area contributed by atoms with Crippen LogP contribution in [0.3, 0.4) is 0 Å². The fraction of sp³-hybridized carbons (Fsp3) is 0.250. The molecule has 3 amide bonds. The predicted molar refractivity (Wildman–Crippen MR) is 172 cm³/mol. The van der Waals surface area contributed by atoms with Gasteiger partial charge in [0.05, 0.1) is 43.7 Å². The summed E-state index contributed by atoms with van der Waals surface area (Å²) in [5.41, 5.74) is 5.03. The first kappa shape index (κ1) is 33.9. The van der Waals surface area contributed by atoms with Crippen LogP contribution in [0.2, 0.25) is 10.0 Å². The van der Waals surface area contributed by atoms with Gasteiger partial charge in [-0.05, 0) is 66.9 Å². The molecule has 242 valence electrons. The highest BCUT2D eigenvalue weighted by molar-refractivity contribution is 6.32. The average molecular weight is 672 g/mol. The van der Waals surface area contributed by atoms with E-state index in [0.29, 0.717) is 38.4 Å². The van der Waals surface area contributed by atoms with Crippen LogP contribution in [-0.2, 0) is 20.9 Å². The van der Waals surface area contributed by atoms with E-state index in [4.69, 9.17) is 46.9 Å². The number of hydrogen-bond acceptors (Lipinski definition) is 9. The molecule has 0 fully saturated rings. The molecule has 12 nitrogen and oxygen atoms in total. The lowest BCUT2D eigenvalue weighted by Crippen LogP contribution is -2.45. The van der Waals surface area contributed by atoms with Gasteiger partial charge in [0.15, 0.2) is 29.6 Å². The maximum absolute atomic E-state index is 12.6. The number of methoxy groups -OCH3 is 2. The smallest absolute Gasteiger partial charge is 0.338 e. The molecule has 0 spiro atoms. The first-order chi connectivity index (χ1) is 22.1. The topological polar surface area (TPSA) is 146 Å². The Hall–Kier alpha value is -4.94. The van der Waals surface area contributed by atoms with E-state index in [2.05, 4.69) is 21.2 Å². The molecule has 0 aromatic heterocycles. The fourth-order valence-electron chi connectivity index (χ4n) is 4.45. The van der Waals surface area contributed by atoms with Crippen LogP contribution in [0, 0.1) is 0 Å². The number of amides is 3. The Kier molecular flexibility index (Phi) is 11.7. The number of carbonyl (C=O) groups excluding carboxylic acids is 3. The molecule has 3 aromatic rings. The highest BCUT2D eigenvalue weighted by Crippen LogP contribution is 2.37. The van der Waals surface area contributed by atoms with Gasteiger partial charge in [-0.3, -0.25) is 4.79 Å². The Balaban J connectivity index is 1.37. The van der Waals surface area contributed by atoms with Crippen molar-refractivity contribution in [1.82, 2.24) is 16.1 Å². The molecule has 0 unspecified atom stereocenters. The van der Waals surface area contributed by atoms with Crippen LogP contribution in [0.25, 0.3) is 0 Å².